The third-order valence-electron chi connectivity index (χ3n) is 4.63. The van der Waals surface area contributed by atoms with Gasteiger partial charge in [0.2, 0.25) is 0 Å². The number of rotatable bonds is 5. The highest BCUT2D eigenvalue weighted by Crippen LogP contribution is 2.49. The predicted octanol–water partition coefficient (Wildman–Crippen LogP) is 2.92. The molecule has 1 aliphatic carbocycles. The van der Waals surface area contributed by atoms with Gasteiger partial charge < -0.3 is 10.6 Å². The molecule has 1 aromatic carbocycles. The Labute approximate surface area is 137 Å². The van der Waals surface area contributed by atoms with Crippen LogP contribution < -0.4 is 10.6 Å². The number of para-hydroxylation sites is 1. The summed E-state index contributed by atoms with van der Waals surface area (Å²) >= 11 is 11.4. The lowest BCUT2D eigenvalue weighted by atomic mass is 10.0. The normalized spacial score (nSPS) is 21.3. The Hall–Kier alpha value is -0.840. The van der Waals surface area contributed by atoms with E-state index in [0.717, 1.165) is 49.9 Å². The maximum absolute atomic E-state index is 6.28. The van der Waals surface area contributed by atoms with Crippen molar-refractivity contribution < 1.29 is 0 Å². The van der Waals surface area contributed by atoms with Crippen molar-refractivity contribution >= 4 is 34.5 Å². The smallest absolute Gasteiger partial charge is 0.0733 e. The molecule has 1 aliphatic heterocycles. The second-order valence-corrected chi connectivity index (χ2v) is 7.29. The molecule has 0 unspecified atom stereocenters. The van der Waals surface area contributed by atoms with Crippen molar-refractivity contribution in [2.45, 2.75) is 19.3 Å². The van der Waals surface area contributed by atoms with Crippen LogP contribution in [-0.2, 0) is 0 Å². The van der Waals surface area contributed by atoms with Gasteiger partial charge >= 0.3 is 0 Å². The van der Waals surface area contributed by atoms with E-state index in [1.54, 1.807) is 0 Å². The number of nitrogens with zero attached hydrogens (tertiary/aromatic N) is 2. The van der Waals surface area contributed by atoms with Crippen LogP contribution >= 0.6 is 23.8 Å². The third-order valence-corrected chi connectivity index (χ3v) is 5.09. The number of hydrogen-bond donors (Lipinski definition) is 1. The highest BCUT2D eigenvalue weighted by atomic mass is 35.5. The quantitative estimate of drug-likeness (QED) is 0.845. The fraction of sp³-hybridized carbons (Fsp3) is 0.562. The lowest BCUT2D eigenvalue weighted by Crippen LogP contribution is -2.48. The third kappa shape index (κ3) is 3.68. The number of thiocarbonyl (C=S) groups is 1. The summed E-state index contributed by atoms with van der Waals surface area (Å²) in [5, 5.41) is 0.845. The van der Waals surface area contributed by atoms with Gasteiger partial charge in [0.05, 0.1) is 15.7 Å². The van der Waals surface area contributed by atoms with Crippen LogP contribution in [0.25, 0.3) is 0 Å². The SMILES string of the molecule is NC(=S)CC1(CN2CCN(c3ccccc3Cl)CC2)CC1. The Kier molecular flexibility index (Phi) is 4.38. The monoisotopic (exact) mass is 323 g/mol. The highest BCUT2D eigenvalue weighted by molar-refractivity contribution is 7.80. The summed E-state index contributed by atoms with van der Waals surface area (Å²) in [6.07, 6.45) is 3.46. The molecule has 21 heavy (non-hydrogen) atoms. The molecule has 1 aromatic rings. The first-order chi connectivity index (χ1) is 10.1. The first-order valence-corrected chi connectivity index (χ1v) is 8.37. The van der Waals surface area contributed by atoms with Crippen molar-refractivity contribution in [3.05, 3.63) is 29.3 Å². The molecule has 3 rings (SSSR count). The summed E-state index contributed by atoms with van der Waals surface area (Å²) in [4.78, 5) is 5.60. The van der Waals surface area contributed by atoms with Gasteiger partial charge in [-0.25, -0.2) is 0 Å². The zero-order valence-corrected chi connectivity index (χ0v) is 13.8. The van der Waals surface area contributed by atoms with Gasteiger partial charge in [-0.1, -0.05) is 36.0 Å². The zero-order valence-electron chi connectivity index (χ0n) is 12.2. The Morgan fingerprint density at radius 2 is 1.86 bits per heavy atom. The summed E-state index contributed by atoms with van der Waals surface area (Å²) < 4.78 is 0. The molecular formula is C16H22ClN3S. The van der Waals surface area contributed by atoms with Crippen LogP contribution in [0.2, 0.25) is 5.02 Å². The van der Waals surface area contributed by atoms with Crippen molar-refractivity contribution in [1.82, 2.24) is 4.90 Å². The van der Waals surface area contributed by atoms with Crippen molar-refractivity contribution in [1.29, 1.82) is 0 Å². The lowest BCUT2D eigenvalue weighted by molar-refractivity contribution is 0.211. The maximum Gasteiger partial charge on any atom is 0.0733 e. The number of anilines is 1. The number of hydrogen-bond acceptors (Lipinski definition) is 3. The number of halogens is 1. The molecule has 5 heteroatoms. The molecule has 114 valence electrons. The first-order valence-electron chi connectivity index (χ1n) is 7.58. The zero-order chi connectivity index (χ0) is 14.9. The molecule has 0 amide bonds. The maximum atomic E-state index is 6.28. The van der Waals surface area contributed by atoms with E-state index >= 15 is 0 Å². The second-order valence-electron chi connectivity index (χ2n) is 6.36. The highest BCUT2D eigenvalue weighted by Gasteiger charge is 2.44. The molecular weight excluding hydrogens is 302 g/mol. The van der Waals surface area contributed by atoms with Crippen molar-refractivity contribution in [3.63, 3.8) is 0 Å². The predicted molar refractivity (Wildman–Crippen MR) is 93.2 cm³/mol. The Morgan fingerprint density at radius 1 is 1.19 bits per heavy atom. The van der Waals surface area contributed by atoms with Crippen LogP contribution in [0.5, 0.6) is 0 Å². The molecule has 3 nitrogen and oxygen atoms in total. The van der Waals surface area contributed by atoms with Crippen LogP contribution in [0.3, 0.4) is 0 Å². The molecule has 2 aliphatic rings. The summed E-state index contributed by atoms with van der Waals surface area (Å²) in [6, 6.07) is 8.10. The van der Waals surface area contributed by atoms with Crippen LogP contribution in [0.4, 0.5) is 5.69 Å². The Bertz CT molecular complexity index is 522. The lowest BCUT2D eigenvalue weighted by Gasteiger charge is -2.38. The van der Waals surface area contributed by atoms with E-state index < -0.39 is 0 Å². The Morgan fingerprint density at radius 3 is 2.43 bits per heavy atom. The molecule has 2 N–H and O–H groups in total. The minimum Gasteiger partial charge on any atom is -0.393 e. The molecule has 1 saturated carbocycles. The molecule has 1 saturated heterocycles. The number of nitrogens with two attached hydrogens (primary N) is 1. The van der Waals surface area contributed by atoms with Gasteiger partial charge in [-0.2, -0.15) is 0 Å². The summed E-state index contributed by atoms with van der Waals surface area (Å²) in [5.74, 6) is 0. The molecule has 0 spiro atoms. The molecule has 0 atom stereocenters. The van der Waals surface area contributed by atoms with Gasteiger partial charge in [0.1, 0.15) is 0 Å². The van der Waals surface area contributed by atoms with Crippen LogP contribution in [0, 0.1) is 5.41 Å². The summed E-state index contributed by atoms with van der Waals surface area (Å²) in [6.45, 7) is 5.38. The minimum absolute atomic E-state index is 0.387. The van der Waals surface area contributed by atoms with Gasteiger partial charge in [0.15, 0.2) is 0 Å². The fourth-order valence-corrected chi connectivity index (χ4v) is 3.83. The van der Waals surface area contributed by atoms with E-state index in [9.17, 15) is 0 Å². The van der Waals surface area contributed by atoms with E-state index in [0.29, 0.717) is 10.4 Å². The summed E-state index contributed by atoms with van der Waals surface area (Å²) in [5.41, 5.74) is 7.27. The van der Waals surface area contributed by atoms with Crippen LogP contribution in [0.1, 0.15) is 19.3 Å². The fourth-order valence-electron chi connectivity index (χ4n) is 3.27. The first kappa shape index (κ1) is 15.1. The molecule has 1 heterocycles. The molecule has 0 bridgehead atoms. The van der Waals surface area contributed by atoms with E-state index in [-0.39, 0.29) is 0 Å². The van der Waals surface area contributed by atoms with E-state index in [1.165, 1.54) is 12.8 Å². The van der Waals surface area contributed by atoms with Gasteiger partial charge in [-0.3, -0.25) is 4.90 Å². The molecule has 0 radical (unpaired) electrons. The van der Waals surface area contributed by atoms with Gasteiger partial charge in [-0.15, -0.1) is 0 Å². The van der Waals surface area contributed by atoms with E-state index in [1.807, 2.05) is 12.1 Å². The molecule has 0 aromatic heterocycles. The number of benzene rings is 1. The standard InChI is InChI=1S/C16H22ClN3S/c17-13-3-1-2-4-14(13)20-9-7-19(8-10-20)12-16(5-6-16)11-15(18)21/h1-4H,5-12H2,(H2,18,21). The van der Waals surface area contributed by atoms with Gasteiger partial charge in [-0.05, 0) is 30.4 Å². The van der Waals surface area contributed by atoms with Crippen molar-refractivity contribution in [3.8, 4) is 0 Å². The average molecular weight is 324 g/mol. The minimum atomic E-state index is 0.387. The van der Waals surface area contributed by atoms with Crippen LogP contribution in [-0.4, -0.2) is 42.6 Å². The van der Waals surface area contributed by atoms with Crippen molar-refractivity contribution in [2.24, 2.45) is 11.1 Å². The second kappa shape index (κ2) is 6.11. The number of piperazine rings is 1. The summed E-state index contributed by atoms with van der Waals surface area (Å²) in [7, 11) is 0. The van der Waals surface area contributed by atoms with Gasteiger partial charge in [0.25, 0.3) is 0 Å². The average Bonchev–Trinajstić information content (AvgIpc) is 3.19. The molecule has 2 fully saturated rings. The largest absolute Gasteiger partial charge is 0.393 e. The Balaban J connectivity index is 1.54. The van der Waals surface area contributed by atoms with E-state index in [2.05, 4.69) is 21.9 Å². The van der Waals surface area contributed by atoms with Crippen LogP contribution in [0.15, 0.2) is 24.3 Å². The van der Waals surface area contributed by atoms with Gasteiger partial charge in [0, 0.05) is 39.1 Å². The van der Waals surface area contributed by atoms with E-state index in [4.69, 9.17) is 29.6 Å². The van der Waals surface area contributed by atoms with Crippen molar-refractivity contribution in [2.75, 3.05) is 37.6 Å². The topological polar surface area (TPSA) is 32.5 Å².